The van der Waals surface area contributed by atoms with Crippen molar-refractivity contribution < 1.29 is 13.9 Å². The van der Waals surface area contributed by atoms with Gasteiger partial charge in [-0.1, -0.05) is 17.8 Å². The number of carbonyl (C=O) groups is 1. The molecular formula is C22H21FN6O2S2. The Morgan fingerprint density at radius 1 is 1.33 bits per heavy atom. The number of aromatic nitrogens is 4. The molecule has 3 aromatic heterocycles. The zero-order valence-electron chi connectivity index (χ0n) is 17.5. The van der Waals surface area contributed by atoms with Crippen molar-refractivity contribution in [2.24, 2.45) is 0 Å². The van der Waals surface area contributed by atoms with Crippen molar-refractivity contribution in [3.05, 3.63) is 48.4 Å². The van der Waals surface area contributed by atoms with Gasteiger partial charge in [0.15, 0.2) is 11.0 Å². The van der Waals surface area contributed by atoms with Crippen LogP contribution in [0.2, 0.25) is 0 Å². The zero-order chi connectivity index (χ0) is 22.8. The first-order chi connectivity index (χ1) is 16.1. The fraction of sp³-hybridized carbons (Fsp3) is 0.273. The number of ether oxygens (including phenoxy) is 1. The molecule has 33 heavy (non-hydrogen) atoms. The molecule has 0 spiro atoms. The average molecular weight is 485 g/mol. The van der Waals surface area contributed by atoms with Crippen molar-refractivity contribution in [1.82, 2.24) is 19.7 Å². The van der Waals surface area contributed by atoms with Crippen LogP contribution in [0.15, 0.2) is 47.8 Å². The molecule has 0 unspecified atom stereocenters. The van der Waals surface area contributed by atoms with Crippen molar-refractivity contribution in [3.63, 3.8) is 0 Å². The number of benzene rings is 1. The van der Waals surface area contributed by atoms with E-state index in [1.165, 1.54) is 35.2 Å². The number of thioether (sulfide) groups is 1. The molecule has 170 valence electrons. The number of rotatable bonds is 7. The third-order valence-corrected chi connectivity index (χ3v) is 7.37. The number of thiophene rings is 1. The van der Waals surface area contributed by atoms with Crippen LogP contribution < -0.4 is 11.1 Å². The van der Waals surface area contributed by atoms with Crippen LogP contribution in [0.5, 0.6) is 0 Å². The molecule has 1 fully saturated rings. The standard InChI is InChI=1S/C22H21FN6O2S2/c23-13-4-1-5-14(10-13)26-17(30)12-32-22-28-27-20(29(22)11-15-6-3-9-31-15)19-18(24)16-7-2-8-25-21(16)33-19/h1-2,4-5,7-8,10,15H,3,6,9,11-12,24H2,(H,26,30)/t15-/m0/s1. The first kappa shape index (κ1) is 21.8. The van der Waals surface area contributed by atoms with Crippen LogP contribution in [-0.4, -0.2) is 44.1 Å². The molecule has 1 aliphatic rings. The molecule has 1 amide bonds. The molecule has 0 aliphatic carbocycles. The SMILES string of the molecule is Nc1c(-c2nnc(SCC(=O)Nc3cccc(F)c3)n2C[C@@H]2CCCO2)sc2ncccc12. The van der Waals surface area contributed by atoms with Gasteiger partial charge in [-0.2, -0.15) is 0 Å². The maximum Gasteiger partial charge on any atom is 0.234 e. The Morgan fingerprint density at radius 2 is 2.24 bits per heavy atom. The van der Waals surface area contributed by atoms with Gasteiger partial charge in [-0.15, -0.1) is 21.5 Å². The lowest BCUT2D eigenvalue weighted by atomic mass is 10.2. The van der Waals surface area contributed by atoms with E-state index in [0.29, 0.717) is 28.9 Å². The van der Waals surface area contributed by atoms with E-state index in [0.717, 1.165) is 34.5 Å². The molecule has 1 saturated heterocycles. The van der Waals surface area contributed by atoms with E-state index < -0.39 is 5.82 Å². The topological polar surface area (TPSA) is 108 Å². The van der Waals surface area contributed by atoms with Gasteiger partial charge in [-0.3, -0.25) is 9.36 Å². The summed E-state index contributed by atoms with van der Waals surface area (Å²) in [6.07, 6.45) is 3.74. The number of hydrogen-bond donors (Lipinski definition) is 2. The molecule has 4 heterocycles. The molecular weight excluding hydrogens is 463 g/mol. The Morgan fingerprint density at radius 3 is 3.03 bits per heavy atom. The number of nitrogens with two attached hydrogens (primary N) is 1. The number of anilines is 2. The van der Waals surface area contributed by atoms with E-state index in [1.807, 2.05) is 16.7 Å². The van der Waals surface area contributed by atoms with E-state index in [2.05, 4.69) is 20.5 Å². The van der Waals surface area contributed by atoms with E-state index >= 15 is 0 Å². The lowest BCUT2D eigenvalue weighted by molar-refractivity contribution is -0.113. The van der Waals surface area contributed by atoms with E-state index in [9.17, 15) is 9.18 Å². The maximum atomic E-state index is 13.4. The summed E-state index contributed by atoms with van der Waals surface area (Å²) >= 11 is 2.73. The molecule has 1 aromatic carbocycles. The highest BCUT2D eigenvalue weighted by Gasteiger charge is 2.25. The molecule has 0 saturated carbocycles. The van der Waals surface area contributed by atoms with Gasteiger partial charge in [-0.05, 0) is 43.2 Å². The number of nitrogens with one attached hydrogen (secondary N) is 1. The molecule has 1 aliphatic heterocycles. The normalized spacial score (nSPS) is 15.8. The summed E-state index contributed by atoms with van der Waals surface area (Å²) in [5.74, 6) is 0.0733. The predicted octanol–water partition coefficient (Wildman–Crippen LogP) is 4.19. The number of nitrogens with zero attached hydrogens (tertiary/aromatic N) is 4. The number of carbonyl (C=O) groups excluding carboxylic acids is 1. The van der Waals surface area contributed by atoms with Gasteiger partial charge in [-0.25, -0.2) is 9.37 Å². The average Bonchev–Trinajstić information content (AvgIpc) is 3.53. The minimum absolute atomic E-state index is 0.0500. The van der Waals surface area contributed by atoms with Crippen molar-refractivity contribution in [2.45, 2.75) is 30.6 Å². The number of halogens is 1. The van der Waals surface area contributed by atoms with Crippen molar-refractivity contribution >= 4 is 50.6 Å². The number of nitrogen functional groups attached to an aromatic ring is 1. The summed E-state index contributed by atoms with van der Waals surface area (Å²) in [6.45, 7) is 1.30. The van der Waals surface area contributed by atoms with Gasteiger partial charge in [0.05, 0.1) is 29.0 Å². The Bertz CT molecular complexity index is 1300. The highest BCUT2D eigenvalue weighted by Crippen LogP contribution is 2.40. The third-order valence-electron chi connectivity index (χ3n) is 5.28. The van der Waals surface area contributed by atoms with Crippen LogP contribution in [0.3, 0.4) is 0 Å². The first-order valence-corrected chi connectivity index (χ1v) is 12.2. The van der Waals surface area contributed by atoms with Gasteiger partial charge < -0.3 is 15.8 Å². The third kappa shape index (κ3) is 4.70. The van der Waals surface area contributed by atoms with Gasteiger partial charge >= 0.3 is 0 Å². The second kappa shape index (κ2) is 9.46. The first-order valence-electron chi connectivity index (χ1n) is 10.4. The van der Waals surface area contributed by atoms with Gasteiger partial charge in [0.25, 0.3) is 0 Å². The summed E-state index contributed by atoms with van der Waals surface area (Å²) in [7, 11) is 0. The van der Waals surface area contributed by atoms with Crippen LogP contribution in [0, 0.1) is 5.82 Å². The van der Waals surface area contributed by atoms with Gasteiger partial charge in [0, 0.05) is 23.9 Å². The Kier molecular flexibility index (Phi) is 6.25. The molecule has 0 radical (unpaired) electrons. The van der Waals surface area contributed by atoms with E-state index in [1.54, 1.807) is 18.3 Å². The summed E-state index contributed by atoms with van der Waals surface area (Å²) in [5, 5.41) is 12.9. The summed E-state index contributed by atoms with van der Waals surface area (Å²) in [5.41, 5.74) is 7.46. The van der Waals surface area contributed by atoms with Gasteiger partial charge in [0.2, 0.25) is 5.91 Å². The zero-order valence-corrected chi connectivity index (χ0v) is 19.2. The van der Waals surface area contributed by atoms with E-state index in [4.69, 9.17) is 10.5 Å². The molecule has 3 N–H and O–H groups in total. The number of hydrogen-bond acceptors (Lipinski definition) is 8. The van der Waals surface area contributed by atoms with Crippen molar-refractivity contribution in [2.75, 3.05) is 23.4 Å². The molecule has 0 bridgehead atoms. The molecule has 1 atom stereocenters. The quantitative estimate of drug-likeness (QED) is 0.379. The van der Waals surface area contributed by atoms with E-state index in [-0.39, 0.29) is 17.8 Å². The Hall–Kier alpha value is -3.02. The molecule has 4 aromatic rings. The number of fused-ring (bicyclic) bond motifs is 1. The maximum absolute atomic E-state index is 13.4. The minimum Gasteiger partial charge on any atom is -0.397 e. The Labute approximate surface area is 197 Å². The molecule has 11 heteroatoms. The second-order valence-electron chi connectivity index (χ2n) is 7.60. The van der Waals surface area contributed by atoms with Gasteiger partial charge in [0.1, 0.15) is 10.6 Å². The smallest absolute Gasteiger partial charge is 0.234 e. The number of amides is 1. The van der Waals surface area contributed by atoms with Crippen LogP contribution in [0.1, 0.15) is 12.8 Å². The fourth-order valence-corrected chi connectivity index (χ4v) is 5.54. The lowest BCUT2D eigenvalue weighted by Gasteiger charge is -2.14. The van der Waals surface area contributed by atoms with Crippen LogP contribution >= 0.6 is 23.1 Å². The fourth-order valence-electron chi connectivity index (χ4n) is 3.73. The van der Waals surface area contributed by atoms with Crippen LogP contribution in [-0.2, 0) is 16.1 Å². The largest absolute Gasteiger partial charge is 0.397 e. The number of pyridine rings is 1. The molecule has 8 nitrogen and oxygen atoms in total. The second-order valence-corrected chi connectivity index (χ2v) is 9.54. The molecule has 5 rings (SSSR count). The lowest BCUT2D eigenvalue weighted by Crippen LogP contribution is -2.18. The Balaban J connectivity index is 1.40. The van der Waals surface area contributed by atoms with Crippen LogP contribution in [0.4, 0.5) is 15.8 Å². The minimum atomic E-state index is -0.406. The highest BCUT2D eigenvalue weighted by atomic mass is 32.2. The van der Waals surface area contributed by atoms with Crippen LogP contribution in [0.25, 0.3) is 20.9 Å². The summed E-state index contributed by atoms with van der Waals surface area (Å²) < 4.78 is 21.2. The monoisotopic (exact) mass is 484 g/mol. The summed E-state index contributed by atoms with van der Waals surface area (Å²) in [4.78, 5) is 18.5. The van der Waals surface area contributed by atoms with Crippen molar-refractivity contribution in [3.8, 4) is 10.7 Å². The highest BCUT2D eigenvalue weighted by molar-refractivity contribution is 7.99. The predicted molar refractivity (Wildman–Crippen MR) is 128 cm³/mol. The van der Waals surface area contributed by atoms with Crippen molar-refractivity contribution in [1.29, 1.82) is 0 Å². The summed E-state index contributed by atoms with van der Waals surface area (Å²) in [6, 6.07) is 9.58.